The summed E-state index contributed by atoms with van der Waals surface area (Å²) in [5.41, 5.74) is 7.18. The van der Waals surface area contributed by atoms with Gasteiger partial charge in [-0.05, 0) is 28.5 Å². The lowest BCUT2D eigenvalue weighted by Crippen LogP contribution is -2.27. The molecule has 0 N–H and O–H groups in total. The number of fused-ring (bicyclic) bond motifs is 3. The van der Waals surface area contributed by atoms with Crippen molar-refractivity contribution in [2.75, 3.05) is 4.90 Å². The Kier molecular flexibility index (Phi) is 3.64. The molecule has 2 aromatic rings. The number of hydrogen-bond acceptors (Lipinski definition) is 2. The Bertz CT molecular complexity index is 762. The van der Waals surface area contributed by atoms with Gasteiger partial charge in [0.2, 0.25) is 0 Å². The minimum absolute atomic E-state index is 0.304. The summed E-state index contributed by atoms with van der Waals surface area (Å²) in [4.78, 5) is 4.95. The fourth-order valence-electron chi connectivity index (χ4n) is 4.08. The van der Waals surface area contributed by atoms with Crippen LogP contribution in [-0.2, 0) is 6.54 Å². The minimum Gasteiger partial charge on any atom is -0.348 e. The van der Waals surface area contributed by atoms with Crippen LogP contribution in [0.4, 0.5) is 5.69 Å². The fourth-order valence-corrected chi connectivity index (χ4v) is 4.08. The van der Waals surface area contributed by atoms with Crippen LogP contribution in [0.25, 0.3) is 0 Å². The maximum absolute atomic E-state index is 2.50. The van der Waals surface area contributed by atoms with E-state index < -0.39 is 0 Å². The molecular weight excluding hydrogens is 292 g/mol. The molecule has 0 saturated carbocycles. The first kappa shape index (κ1) is 15.3. The molecule has 1 atom stereocenters. The molecule has 0 aliphatic carbocycles. The molecule has 2 heterocycles. The molecule has 0 spiro atoms. The lowest BCUT2D eigenvalue weighted by molar-refractivity contribution is 0.334. The molecule has 2 aliphatic heterocycles. The Morgan fingerprint density at radius 1 is 0.833 bits per heavy atom. The highest BCUT2D eigenvalue weighted by Crippen LogP contribution is 2.46. The second-order valence-corrected chi connectivity index (χ2v) is 7.54. The van der Waals surface area contributed by atoms with E-state index in [-0.39, 0.29) is 0 Å². The molecule has 2 aromatic carbocycles. The molecular formula is C22H26N2. The zero-order valence-electron chi connectivity index (χ0n) is 15.0. The van der Waals surface area contributed by atoms with Crippen molar-refractivity contribution >= 4 is 5.69 Å². The summed E-state index contributed by atoms with van der Waals surface area (Å²) >= 11 is 0. The van der Waals surface area contributed by atoms with Crippen LogP contribution in [0.1, 0.15) is 68.0 Å². The number of hydrogen-bond donors (Lipinski definition) is 0. The largest absolute Gasteiger partial charge is 0.348 e. The number of nitrogens with zero attached hydrogens (tertiary/aromatic N) is 2. The van der Waals surface area contributed by atoms with E-state index in [0.717, 1.165) is 6.54 Å². The SMILES string of the molecule is CC(C)c1cccc(C(C)C)c1N1C=CN2Cc3ccccc3C21. The molecule has 0 saturated heterocycles. The Labute approximate surface area is 145 Å². The molecule has 0 aromatic heterocycles. The average molecular weight is 318 g/mol. The highest BCUT2D eigenvalue weighted by Gasteiger charge is 2.37. The van der Waals surface area contributed by atoms with Crippen LogP contribution in [0.15, 0.2) is 54.9 Å². The number of rotatable bonds is 3. The van der Waals surface area contributed by atoms with E-state index in [2.05, 4.69) is 92.4 Å². The van der Waals surface area contributed by atoms with E-state index in [1.807, 2.05) is 0 Å². The summed E-state index contributed by atoms with van der Waals surface area (Å²) in [5, 5.41) is 0. The van der Waals surface area contributed by atoms with E-state index in [4.69, 9.17) is 0 Å². The zero-order valence-corrected chi connectivity index (χ0v) is 15.0. The minimum atomic E-state index is 0.304. The molecule has 124 valence electrons. The third-order valence-electron chi connectivity index (χ3n) is 5.28. The normalized spacial score (nSPS) is 18.7. The van der Waals surface area contributed by atoms with Crippen LogP contribution in [0.2, 0.25) is 0 Å². The molecule has 0 fully saturated rings. The molecule has 0 radical (unpaired) electrons. The highest BCUT2D eigenvalue weighted by atomic mass is 15.4. The fraction of sp³-hybridized carbons (Fsp3) is 0.364. The summed E-state index contributed by atoms with van der Waals surface area (Å²) in [7, 11) is 0. The van der Waals surface area contributed by atoms with Crippen LogP contribution >= 0.6 is 0 Å². The molecule has 0 amide bonds. The Hall–Kier alpha value is -2.22. The molecule has 2 aliphatic rings. The van der Waals surface area contributed by atoms with Crippen LogP contribution in [-0.4, -0.2) is 4.90 Å². The molecule has 2 heteroatoms. The maximum atomic E-state index is 2.50. The topological polar surface area (TPSA) is 6.48 Å². The van der Waals surface area contributed by atoms with Crippen molar-refractivity contribution in [3.63, 3.8) is 0 Å². The molecule has 1 unspecified atom stereocenters. The van der Waals surface area contributed by atoms with Crippen LogP contribution in [0.5, 0.6) is 0 Å². The molecule has 2 nitrogen and oxygen atoms in total. The Morgan fingerprint density at radius 2 is 1.50 bits per heavy atom. The third-order valence-corrected chi connectivity index (χ3v) is 5.28. The number of anilines is 1. The smallest absolute Gasteiger partial charge is 0.132 e. The highest BCUT2D eigenvalue weighted by molar-refractivity contribution is 5.66. The predicted molar refractivity (Wildman–Crippen MR) is 101 cm³/mol. The first-order valence-electron chi connectivity index (χ1n) is 9.01. The van der Waals surface area contributed by atoms with Crippen molar-refractivity contribution in [3.05, 3.63) is 77.1 Å². The lowest BCUT2D eigenvalue weighted by atomic mass is 9.91. The monoisotopic (exact) mass is 318 g/mol. The first-order valence-corrected chi connectivity index (χ1v) is 9.01. The quantitative estimate of drug-likeness (QED) is 0.712. The van der Waals surface area contributed by atoms with Crippen molar-refractivity contribution in [2.24, 2.45) is 0 Å². The summed E-state index contributed by atoms with van der Waals surface area (Å²) in [5.74, 6) is 1.02. The maximum Gasteiger partial charge on any atom is 0.132 e. The first-order chi connectivity index (χ1) is 11.6. The van der Waals surface area contributed by atoms with Gasteiger partial charge in [0.15, 0.2) is 0 Å². The number of benzene rings is 2. The average Bonchev–Trinajstić information content (AvgIpc) is 3.12. The van der Waals surface area contributed by atoms with Gasteiger partial charge in [-0.15, -0.1) is 0 Å². The second-order valence-electron chi connectivity index (χ2n) is 7.54. The van der Waals surface area contributed by atoms with Gasteiger partial charge in [-0.3, -0.25) is 0 Å². The van der Waals surface area contributed by atoms with Crippen molar-refractivity contribution < 1.29 is 0 Å². The van der Waals surface area contributed by atoms with Gasteiger partial charge in [0.25, 0.3) is 0 Å². The standard InChI is InChI=1S/C22H26N2/c1-15(2)18-10-7-11-19(16(3)4)21(18)24-13-12-23-14-17-8-5-6-9-20(17)22(23)24/h5-13,15-16,22H,14H2,1-4H3. The van der Waals surface area contributed by atoms with Gasteiger partial charge >= 0.3 is 0 Å². The van der Waals surface area contributed by atoms with Gasteiger partial charge in [-0.2, -0.15) is 0 Å². The summed E-state index contributed by atoms with van der Waals surface area (Å²) < 4.78 is 0. The van der Waals surface area contributed by atoms with Gasteiger partial charge in [0.05, 0.1) is 0 Å². The molecule has 0 bridgehead atoms. The summed E-state index contributed by atoms with van der Waals surface area (Å²) in [6.07, 6.45) is 4.83. The van der Waals surface area contributed by atoms with E-state index in [1.165, 1.54) is 27.9 Å². The van der Waals surface area contributed by atoms with E-state index in [9.17, 15) is 0 Å². The van der Waals surface area contributed by atoms with Gasteiger partial charge in [0, 0.05) is 30.2 Å². The Morgan fingerprint density at radius 3 is 2.17 bits per heavy atom. The molecule has 4 rings (SSSR count). The zero-order chi connectivity index (χ0) is 16.8. The number of para-hydroxylation sites is 1. The van der Waals surface area contributed by atoms with Gasteiger partial charge < -0.3 is 9.80 Å². The Balaban J connectivity index is 1.87. The summed E-state index contributed by atoms with van der Waals surface area (Å²) in [6.45, 7) is 10.2. The molecule has 24 heavy (non-hydrogen) atoms. The van der Waals surface area contributed by atoms with Crippen molar-refractivity contribution in [1.82, 2.24) is 4.90 Å². The van der Waals surface area contributed by atoms with Crippen molar-refractivity contribution in [2.45, 2.75) is 52.2 Å². The van der Waals surface area contributed by atoms with Crippen LogP contribution in [0, 0.1) is 0 Å². The second kappa shape index (κ2) is 5.70. The van der Waals surface area contributed by atoms with E-state index in [1.54, 1.807) is 0 Å². The van der Waals surface area contributed by atoms with Crippen molar-refractivity contribution in [3.8, 4) is 0 Å². The van der Waals surface area contributed by atoms with E-state index in [0.29, 0.717) is 18.0 Å². The van der Waals surface area contributed by atoms with Gasteiger partial charge in [-0.25, -0.2) is 0 Å². The van der Waals surface area contributed by atoms with Crippen LogP contribution < -0.4 is 4.90 Å². The summed E-state index contributed by atoms with van der Waals surface area (Å²) in [6, 6.07) is 15.7. The van der Waals surface area contributed by atoms with E-state index >= 15 is 0 Å². The van der Waals surface area contributed by atoms with Gasteiger partial charge in [0.1, 0.15) is 6.17 Å². The predicted octanol–water partition coefficient (Wildman–Crippen LogP) is 5.74. The lowest BCUT2D eigenvalue weighted by Gasteiger charge is -2.33. The van der Waals surface area contributed by atoms with Crippen LogP contribution in [0.3, 0.4) is 0 Å². The van der Waals surface area contributed by atoms with Crippen molar-refractivity contribution in [1.29, 1.82) is 0 Å². The van der Waals surface area contributed by atoms with Gasteiger partial charge in [-0.1, -0.05) is 70.2 Å². The third kappa shape index (κ3) is 2.24.